The third kappa shape index (κ3) is 2.38. The summed E-state index contributed by atoms with van der Waals surface area (Å²) in [6.45, 7) is 1.91. The molecular formula is C14H18ClNO2. The lowest BCUT2D eigenvalue weighted by molar-refractivity contribution is -0.124. The van der Waals surface area contributed by atoms with E-state index in [4.69, 9.17) is 16.7 Å². The molecule has 1 aromatic carbocycles. The number of amides is 1. The van der Waals surface area contributed by atoms with Crippen LogP contribution in [0.1, 0.15) is 31.7 Å². The molecule has 1 atom stereocenters. The SMILES string of the molecule is CCC(CO)NC(=O)C1(c2ccccc2Cl)CC1. The molecule has 0 heterocycles. The third-order valence-corrected chi connectivity index (χ3v) is 3.95. The molecule has 1 aromatic rings. The molecule has 2 N–H and O–H groups in total. The van der Waals surface area contributed by atoms with Crippen LogP contribution in [-0.2, 0) is 10.2 Å². The van der Waals surface area contributed by atoms with Gasteiger partial charge in [-0.25, -0.2) is 0 Å². The van der Waals surface area contributed by atoms with Crippen molar-refractivity contribution in [2.24, 2.45) is 0 Å². The zero-order valence-electron chi connectivity index (χ0n) is 10.4. The summed E-state index contributed by atoms with van der Waals surface area (Å²) in [5.74, 6) is -0.0171. The molecule has 0 aromatic heterocycles. The Balaban J connectivity index is 2.17. The minimum Gasteiger partial charge on any atom is -0.394 e. The lowest BCUT2D eigenvalue weighted by Crippen LogP contribution is -2.43. The van der Waals surface area contributed by atoms with Gasteiger partial charge in [0, 0.05) is 5.02 Å². The largest absolute Gasteiger partial charge is 0.394 e. The molecule has 1 unspecified atom stereocenters. The number of hydrogen-bond acceptors (Lipinski definition) is 2. The number of aliphatic hydroxyl groups is 1. The van der Waals surface area contributed by atoms with Crippen molar-refractivity contribution in [3.05, 3.63) is 34.9 Å². The average Bonchev–Trinajstić information content (AvgIpc) is 3.17. The molecule has 0 spiro atoms. The fourth-order valence-electron chi connectivity index (χ4n) is 2.19. The predicted octanol–water partition coefficient (Wildman–Crippen LogP) is 2.26. The lowest BCUT2D eigenvalue weighted by atomic mass is 9.94. The number of rotatable bonds is 5. The normalized spacial score (nSPS) is 18.2. The summed E-state index contributed by atoms with van der Waals surface area (Å²) in [4.78, 5) is 12.3. The Morgan fingerprint density at radius 2 is 2.17 bits per heavy atom. The lowest BCUT2D eigenvalue weighted by Gasteiger charge is -2.21. The van der Waals surface area contributed by atoms with Gasteiger partial charge in [-0.15, -0.1) is 0 Å². The molecule has 98 valence electrons. The van der Waals surface area contributed by atoms with Crippen LogP contribution >= 0.6 is 11.6 Å². The maximum atomic E-state index is 12.3. The zero-order chi connectivity index (χ0) is 13.2. The Bertz CT molecular complexity index is 439. The molecule has 4 heteroatoms. The van der Waals surface area contributed by atoms with Gasteiger partial charge in [0.05, 0.1) is 18.1 Å². The molecule has 18 heavy (non-hydrogen) atoms. The van der Waals surface area contributed by atoms with Crippen LogP contribution in [-0.4, -0.2) is 23.7 Å². The Hall–Kier alpha value is -1.06. The predicted molar refractivity (Wildman–Crippen MR) is 71.7 cm³/mol. The number of nitrogens with one attached hydrogen (secondary N) is 1. The summed E-state index contributed by atoms with van der Waals surface area (Å²) >= 11 is 6.17. The van der Waals surface area contributed by atoms with Crippen molar-refractivity contribution in [1.82, 2.24) is 5.32 Å². The summed E-state index contributed by atoms with van der Waals surface area (Å²) in [7, 11) is 0. The Labute approximate surface area is 112 Å². The molecule has 0 saturated heterocycles. The van der Waals surface area contributed by atoms with Crippen LogP contribution in [0.2, 0.25) is 5.02 Å². The second kappa shape index (κ2) is 5.29. The van der Waals surface area contributed by atoms with E-state index in [1.54, 1.807) is 0 Å². The number of hydrogen-bond donors (Lipinski definition) is 2. The smallest absolute Gasteiger partial charge is 0.231 e. The molecule has 1 saturated carbocycles. The van der Waals surface area contributed by atoms with Gasteiger partial charge in [0.25, 0.3) is 0 Å². The van der Waals surface area contributed by atoms with Crippen LogP contribution in [0.25, 0.3) is 0 Å². The van der Waals surface area contributed by atoms with Crippen LogP contribution in [0.3, 0.4) is 0 Å². The van der Waals surface area contributed by atoms with E-state index in [1.165, 1.54) is 0 Å². The maximum Gasteiger partial charge on any atom is 0.231 e. The fraction of sp³-hybridized carbons (Fsp3) is 0.500. The van der Waals surface area contributed by atoms with Gasteiger partial charge in [-0.3, -0.25) is 4.79 Å². The number of halogens is 1. The third-order valence-electron chi connectivity index (χ3n) is 3.62. The van der Waals surface area contributed by atoms with Crippen LogP contribution < -0.4 is 5.32 Å². The van der Waals surface area contributed by atoms with Gasteiger partial charge in [0.15, 0.2) is 0 Å². The molecule has 1 amide bonds. The minimum absolute atomic E-state index is 0.0171. The van der Waals surface area contributed by atoms with Crippen molar-refractivity contribution >= 4 is 17.5 Å². The van der Waals surface area contributed by atoms with Gasteiger partial charge in [0.1, 0.15) is 0 Å². The molecule has 2 rings (SSSR count). The second-order valence-electron chi connectivity index (χ2n) is 4.82. The number of carbonyl (C=O) groups is 1. The molecule has 1 aliphatic carbocycles. The topological polar surface area (TPSA) is 49.3 Å². The number of benzene rings is 1. The van der Waals surface area contributed by atoms with Gasteiger partial charge in [-0.1, -0.05) is 36.7 Å². The minimum atomic E-state index is -0.471. The summed E-state index contributed by atoms with van der Waals surface area (Å²) in [5.41, 5.74) is 0.429. The van der Waals surface area contributed by atoms with E-state index in [0.717, 1.165) is 24.8 Å². The average molecular weight is 268 g/mol. The summed E-state index contributed by atoms with van der Waals surface area (Å²) in [6.07, 6.45) is 2.37. The molecule has 1 aliphatic rings. The van der Waals surface area contributed by atoms with E-state index < -0.39 is 5.41 Å². The highest BCUT2D eigenvalue weighted by Gasteiger charge is 2.52. The molecular weight excluding hydrogens is 250 g/mol. The van der Waals surface area contributed by atoms with Crippen LogP contribution in [0, 0.1) is 0 Å². The van der Waals surface area contributed by atoms with E-state index in [0.29, 0.717) is 5.02 Å². The van der Waals surface area contributed by atoms with E-state index in [-0.39, 0.29) is 18.6 Å². The van der Waals surface area contributed by atoms with Gasteiger partial charge >= 0.3 is 0 Å². The number of carbonyl (C=O) groups excluding carboxylic acids is 1. The van der Waals surface area contributed by atoms with Gasteiger partial charge in [0.2, 0.25) is 5.91 Å². The van der Waals surface area contributed by atoms with Crippen molar-refractivity contribution in [3.63, 3.8) is 0 Å². The Morgan fingerprint density at radius 1 is 1.50 bits per heavy atom. The van der Waals surface area contributed by atoms with Gasteiger partial charge in [-0.05, 0) is 30.9 Å². The van der Waals surface area contributed by atoms with Crippen molar-refractivity contribution in [1.29, 1.82) is 0 Å². The highest BCUT2D eigenvalue weighted by molar-refractivity contribution is 6.31. The molecule has 0 radical (unpaired) electrons. The molecule has 0 aliphatic heterocycles. The van der Waals surface area contributed by atoms with Crippen molar-refractivity contribution in [2.75, 3.05) is 6.61 Å². The van der Waals surface area contributed by atoms with E-state index in [1.807, 2.05) is 31.2 Å². The standard InChI is InChI=1S/C14H18ClNO2/c1-2-10(9-17)16-13(18)14(7-8-14)11-5-3-4-6-12(11)15/h3-6,10,17H,2,7-9H2,1H3,(H,16,18). The Kier molecular flexibility index (Phi) is 3.93. The quantitative estimate of drug-likeness (QED) is 0.860. The van der Waals surface area contributed by atoms with Crippen molar-refractivity contribution in [2.45, 2.75) is 37.6 Å². The van der Waals surface area contributed by atoms with E-state index in [9.17, 15) is 4.79 Å². The summed E-state index contributed by atoms with van der Waals surface area (Å²) in [5, 5.41) is 12.7. The molecule has 0 bridgehead atoms. The van der Waals surface area contributed by atoms with Gasteiger partial charge < -0.3 is 10.4 Å². The summed E-state index contributed by atoms with van der Waals surface area (Å²) < 4.78 is 0. The summed E-state index contributed by atoms with van der Waals surface area (Å²) in [6, 6.07) is 7.32. The van der Waals surface area contributed by atoms with Crippen LogP contribution in [0.4, 0.5) is 0 Å². The highest BCUT2D eigenvalue weighted by Crippen LogP contribution is 2.50. The van der Waals surface area contributed by atoms with Crippen molar-refractivity contribution < 1.29 is 9.90 Å². The first-order valence-corrected chi connectivity index (χ1v) is 6.68. The maximum absolute atomic E-state index is 12.3. The number of aliphatic hydroxyl groups excluding tert-OH is 1. The molecule has 3 nitrogen and oxygen atoms in total. The first kappa shape index (κ1) is 13.4. The monoisotopic (exact) mass is 267 g/mol. The van der Waals surface area contributed by atoms with Crippen LogP contribution in [0.15, 0.2) is 24.3 Å². The first-order valence-electron chi connectivity index (χ1n) is 6.31. The van der Waals surface area contributed by atoms with Crippen molar-refractivity contribution in [3.8, 4) is 0 Å². The zero-order valence-corrected chi connectivity index (χ0v) is 11.2. The Morgan fingerprint density at radius 3 is 2.67 bits per heavy atom. The van der Waals surface area contributed by atoms with E-state index in [2.05, 4.69) is 5.32 Å². The second-order valence-corrected chi connectivity index (χ2v) is 5.23. The van der Waals surface area contributed by atoms with E-state index >= 15 is 0 Å². The van der Waals surface area contributed by atoms with Crippen LogP contribution in [0.5, 0.6) is 0 Å². The fourth-order valence-corrected chi connectivity index (χ4v) is 2.51. The first-order chi connectivity index (χ1) is 8.64. The van der Waals surface area contributed by atoms with Gasteiger partial charge in [-0.2, -0.15) is 0 Å². The highest BCUT2D eigenvalue weighted by atomic mass is 35.5. The molecule has 1 fully saturated rings.